The molecule has 0 atom stereocenters. The van der Waals surface area contributed by atoms with Crippen LogP contribution in [0.25, 0.3) is 10.9 Å². The minimum Gasteiger partial charge on any atom is -0.385 e. The molecule has 0 saturated carbocycles. The minimum absolute atomic E-state index is 0.317. The summed E-state index contributed by atoms with van der Waals surface area (Å²) in [6, 6.07) is 10.6. The van der Waals surface area contributed by atoms with Crippen molar-refractivity contribution in [1.29, 1.82) is 0 Å². The molecule has 2 saturated heterocycles. The summed E-state index contributed by atoms with van der Waals surface area (Å²) in [5, 5.41) is 1.26. The van der Waals surface area contributed by atoms with E-state index in [-0.39, 0.29) is 0 Å². The number of benzene rings is 1. The van der Waals surface area contributed by atoms with E-state index >= 15 is 0 Å². The predicted molar refractivity (Wildman–Crippen MR) is 111 cm³/mol. The SMILES string of the molecule is COCCCN1CC2(CCC1=O)CCN(Cc1ccnc3ccccc13)CC2. The van der Waals surface area contributed by atoms with Crippen LogP contribution >= 0.6 is 0 Å². The number of fused-ring (bicyclic) bond motifs is 1. The normalized spacial score (nSPS) is 20.2. The van der Waals surface area contributed by atoms with Gasteiger partial charge in [0, 0.05) is 51.4 Å². The number of methoxy groups -OCH3 is 1. The van der Waals surface area contributed by atoms with Gasteiger partial charge in [0.25, 0.3) is 0 Å². The molecule has 4 rings (SSSR count). The van der Waals surface area contributed by atoms with Crippen LogP contribution in [0.15, 0.2) is 36.5 Å². The number of nitrogens with zero attached hydrogens (tertiary/aromatic N) is 3. The van der Waals surface area contributed by atoms with Crippen molar-refractivity contribution in [2.24, 2.45) is 5.41 Å². The Bertz CT molecular complexity index is 809. The second kappa shape index (κ2) is 8.58. The third-order valence-corrected chi connectivity index (χ3v) is 6.57. The molecule has 0 unspecified atom stereocenters. The fourth-order valence-corrected chi connectivity index (χ4v) is 4.83. The van der Waals surface area contributed by atoms with E-state index in [2.05, 4.69) is 39.0 Å². The minimum atomic E-state index is 0.317. The van der Waals surface area contributed by atoms with Gasteiger partial charge in [-0.2, -0.15) is 0 Å². The summed E-state index contributed by atoms with van der Waals surface area (Å²) in [5.41, 5.74) is 2.75. The summed E-state index contributed by atoms with van der Waals surface area (Å²) >= 11 is 0. The van der Waals surface area contributed by atoms with Crippen molar-refractivity contribution in [3.05, 3.63) is 42.1 Å². The smallest absolute Gasteiger partial charge is 0.222 e. The molecule has 0 bridgehead atoms. The number of pyridine rings is 1. The monoisotopic (exact) mass is 381 g/mol. The van der Waals surface area contributed by atoms with Gasteiger partial charge in [-0.25, -0.2) is 0 Å². The summed E-state index contributed by atoms with van der Waals surface area (Å²) in [7, 11) is 1.72. The van der Waals surface area contributed by atoms with Crippen molar-refractivity contribution in [2.75, 3.05) is 39.9 Å². The predicted octanol–water partition coefficient (Wildman–Crippen LogP) is 3.48. The topological polar surface area (TPSA) is 45.7 Å². The van der Waals surface area contributed by atoms with Gasteiger partial charge in [0.2, 0.25) is 5.91 Å². The molecule has 2 aliphatic rings. The highest BCUT2D eigenvalue weighted by Gasteiger charge is 2.40. The molecule has 0 aliphatic carbocycles. The number of carbonyl (C=O) groups is 1. The van der Waals surface area contributed by atoms with Gasteiger partial charge in [-0.1, -0.05) is 18.2 Å². The number of carbonyl (C=O) groups excluding carboxylic acids is 1. The van der Waals surface area contributed by atoms with E-state index in [0.717, 1.165) is 57.7 Å². The van der Waals surface area contributed by atoms with Crippen LogP contribution in [-0.4, -0.2) is 60.6 Å². The average Bonchev–Trinajstić information content (AvgIpc) is 2.73. The Morgan fingerprint density at radius 2 is 1.96 bits per heavy atom. The number of amides is 1. The molecule has 2 fully saturated rings. The van der Waals surface area contributed by atoms with Gasteiger partial charge in [0.1, 0.15) is 0 Å². The Morgan fingerprint density at radius 1 is 1.14 bits per heavy atom. The zero-order valence-corrected chi connectivity index (χ0v) is 16.9. The van der Waals surface area contributed by atoms with E-state index in [1.54, 1.807) is 7.11 Å². The van der Waals surface area contributed by atoms with E-state index in [1.807, 2.05) is 12.3 Å². The standard InChI is InChI=1S/C23H31N3O2/c1-28-16-4-13-26-18-23(9-7-22(26)27)10-14-25(15-11-23)17-19-8-12-24-21-6-3-2-5-20(19)21/h2-3,5-6,8,12H,4,7,9-11,13-18H2,1H3. The number of hydrogen-bond donors (Lipinski definition) is 0. The Labute approximate surface area is 167 Å². The molecule has 1 aromatic heterocycles. The second-order valence-corrected chi connectivity index (χ2v) is 8.43. The second-order valence-electron chi connectivity index (χ2n) is 8.43. The van der Waals surface area contributed by atoms with Crippen molar-refractivity contribution in [3.8, 4) is 0 Å². The molecule has 0 N–H and O–H groups in total. The number of rotatable bonds is 6. The number of para-hydroxylation sites is 1. The van der Waals surface area contributed by atoms with Crippen LogP contribution in [0.1, 0.15) is 37.7 Å². The first-order chi connectivity index (χ1) is 13.7. The van der Waals surface area contributed by atoms with Crippen LogP contribution in [0.3, 0.4) is 0 Å². The lowest BCUT2D eigenvalue weighted by molar-refractivity contribution is -0.139. The molecule has 1 spiro atoms. The molecule has 1 amide bonds. The van der Waals surface area contributed by atoms with Crippen molar-refractivity contribution in [2.45, 2.75) is 38.6 Å². The molecule has 5 nitrogen and oxygen atoms in total. The summed E-state index contributed by atoms with van der Waals surface area (Å²) in [6.07, 6.45) is 6.99. The van der Waals surface area contributed by atoms with Crippen molar-refractivity contribution in [1.82, 2.24) is 14.8 Å². The largest absolute Gasteiger partial charge is 0.385 e. The molecule has 1 aromatic carbocycles. The molecule has 2 aliphatic heterocycles. The Balaban J connectivity index is 1.37. The Hall–Kier alpha value is -1.98. The molecule has 28 heavy (non-hydrogen) atoms. The third kappa shape index (κ3) is 4.20. The van der Waals surface area contributed by atoms with Crippen molar-refractivity contribution >= 4 is 16.8 Å². The third-order valence-electron chi connectivity index (χ3n) is 6.57. The first kappa shape index (κ1) is 19.3. The van der Waals surface area contributed by atoms with Crippen molar-refractivity contribution in [3.63, 3.8) is 0 Å². The zero-order chi connectivity index (χ0) is 19.4. The molecule has 3 heterocycles. The van der Waals surface area contributed by atoms with E-state index in [0.29, 0.717) is 17.7 Å². The number of aromatic nitrogens is 1. The molecule has 150 valence electrons. The van der Waals surface area contributed by atoms with E-state index < -0.39 is 0 Å². The van der Waals surface area contributed by atoms with Gasteiger partial charge in [-0.3, -0.25) is 14.7 Å². The number of piperidine rings is 2. The van der Waals surface area contributed by atoms with Crippen LogP contribution in [0.5, 0.6) is 0 Å². The maximum absolute atomic E-state index is 12.3. The molecular formula is C23H31N3O2. The highest BCUT2D eigenvalue weighted by Crippen LogP contribution is 2.40. The fraction of sp³-hybridized carbons (Fsp3) is 0.565. The lowest BCUT2D eigenvalue weighted by Crippen LogP contribution is -2.51. The first-order valence-corrected chi connectivity index (χ1v) is 10.5. The highest BCUT2D eigenvalue weighted by molar-refractivity contribution is 5.81. The van der Waals surface area contributed by atoms with Gasteiger partial charge in [-0.05, 0) is 61.9 Å². The molecule has 2 aromatic rings. The number of likely N-dealkylation sites (tertiary alicyclic amines) is 2. The lowest BCUT2D eigenvalue weighted by Gasteiger charge is -2.47. The number of ether oxygens (including phenoxy) is 1. The fourth-order valence-electron chi connectivity index (χ4n) is 4.83. The molecular weight excluding hydrogens is 350 g/mol. The zero-order valence-electron chi connectivity index (χ0n) is 16.9. The van der Waals surface area contributed by atoms with E-state index in [4.69, 9.17) is 4.74 Å². The van der Waals surface area contributed by atoms with Crippen LogP contribution < -0.4 is 0 Å². The van der Waals surface area contributed by atoms with Crippen LogP contribution in [0.2, 0.25) is 0 Å². The summed E-state index contributed by atoms with van der Waals surface area (Å²) in [6.45, 7) is 5.69. The van der Waals surface area contributed by atoms with Gasteiger partial charge in [-0.15, -0.1) is 0 Å². The van der Waals surface area contributed by atoms with Gasteiger partial charge < -0.3 is 9.64 Å². The summed E-state index contributed by atoms with van der Waals surface area (Å²) < 4.78 is 5.16. The maximum Gasteiger partial charge on any atom is 0.222 e. The molecule has 5 heteroatoms. The van der Waals surface area contributed by atoms with Crippen LogP contribution in [-0.2, 0) is 16.1 Å². The Kier molecular flexibility index (Phi) is 5.93. The van der Waals surface area contributed by atoms with E-state index in [9.17, 15) is 4.79 Å². The summed E-state index contributed by atoms with van der Waals surface area (Å²) in [5.74, 6) is 0.326. The maximum atomic E-state index is 12.3. The first-order valence-electron chi connectivity index (χ1n) is 10.5. The summed E-state index contributed by atoms with van der Waals surface area (Å²) in [4.78, 5) is 21.5. The van der Waals surface area contributed by atoms with Gasteiger partial charge in [0.05, 0.1) is 5.52 Å². The van der Waals surface area contributed by atoms with Crippen LogP contribution in [0.4, 0.5) is 0 Å². The van der Waals surface area contributed by atoms with Crippen LogP contribution in [0, 0.1) is 5.41 Å². The Morgan fingerprint density at radius 3 is 2.79 bits per heavy atom. The van der Waals surface area contributed by atoms with Gasteiger partial charge >= 0.3 is 0 Å². The molecule has 0 radical (unpaired) electrons. The highest BCUT2D eigenvalue weighted by atomic mass is 16.5. The van der Waals surface area contributed by atoms with E-state index in [1.165, 1.54) is 23.8 Å². The quantitative estimate of drug-likeness (QED) is 0.719. The van der Waals surface area contributed by atoms with Crippen molar-refractivity contribution < 1.29 is 9.53 Å². The van der Waals surface area contributed by atoms with Gasteiger partial charge in [0.15, 0.2) is 0 Å². The lowest BCUT2D eigenvalue weighted by atomic mass is 9.72. The number of hydrogen-bond acceptors (Lipinski definition) is 4. The average molecular weight is 382 g/mol.